The third-order valence-electron chi connectivity index (χ3n) is 4.59. The van der Waals surface area contributed by atoms with Crippen LogP contribution in [-0.2, 0) is 0 Å². The Hall–Kier alpha value is 0.310. The van der Waals surface area contributed by atoms with E-state index >= 15 is 0 Å². The van der Waals surface area contributed by atoms with Crippen molar-refractivity contribution in [1.29, 1.82) is 0 Å². The summed E-state index contributed by atoms with van der Waals surface area (Å²) in [6, 6.07) is 0. The summed E-state index contributed by atoms with van der Waals surface area (Å²) in [7, 11) is 6.18. The van der Waals surface area contributed by atoms with E-state index < -0.39 is 0 Å². The van der Waals surface area contributed by atoms with Gasteiger partial charge in [-0.1, -0.05) is 19.3 Å². The first-order valence-electron chi connectivity index (χ1n) is 8.39. The van der Waals surface area contributed by atoms with E-state index in [2.05, 4.69) is 46.0 Å². The van der Waals surface area contributed by atoms with Crippen molar-refractivity contribution in [1.82, 2.24) is 15.1 Å². The van der Waals surface area contributed by atoms with Gasteiger partial charge in [-0.05, 0) is 39.9 Å². The van der Waals surface area contributed by atoms with Crippen molar-refractivity contribution in [2.45, 2.75) is 43.3 Å². The van der Waals surface area contributed by atoms with Gasteiger partial charge in [-0.2, -0.15) is 11.8 Å². The fourth-order valence-electron chi connectivity index (χ4n) is 3.45. The van der Waals surface area contributed by atoms with Crippen molar-refractivity contribution in [3.8, 4) is 0 Å². The molecule has 1 aliphatic carbocycles. The Morgan fingerprint density at radius 3 is 2.64 bits per heavy atom. The van der Waals surface area contributed by atoms with Crippen LogP contribution in [0.4, 0.5) is 0 Å². The zero-order chi connectivity index (χ0) is 15.1. The molecule has 0 aromatic rings. The van der Waals surface area contributed by atoms with Gasteiger partial charge in [-0.25, -0.2) is 0 Å². The predicted octanol–water partition coefficient (Wildman–Crippen LogP) is 2.88. The number of rotatable bonds is 4. The lowest BCUT2D eigenvalue weighted by molar-refractivity contribution is 0.292. The highest BCUT2D eigenvalue weighted by molar-refractivity contribution is 14.0. The van der Waals surface area contributed by atoms with Crippen LogP contribution in [0.2, 0.25) is 0 Å². The summed E-state index contributed by atoms with van der Waals surface area (Å²) in [5, 5.41) is 3.56. The minimum absolute atomic E-state index is 0. The van der Waals surface area contributed by atoms with Crippen LogP contribution in [0.5, 0.6) is 0 Å². The second-order valence-corrected chi connectivity index (χ2v) is 8.21. The van der Waals surface area contributed by atoms with E-state index in [1.54, 1.807) is 0 Å². The maximum atomic E-state index is 4.51. The Bertz CT molecular complexity index is 338. The lowest BCUT2D eigenvalue weighted by atomic mass is 9.87. The van der Waals surface area contributed by atoms with E-state index in [1.807, 2.05) is 7.05 Å². The predicted molar refractivity (Wildman–Crippen MR) is 110 cm³/mol. The van der Waals surface area contributed by atoms with Gasteiger partial charge in [-0.15, -0.1) is 24.0 Å². The summed E-state index contributed by atoms with van der Waals surface area (Å²) in [4.78, 5) is 9.25. The zero-order valence-electron chi connectivity index (χ0n) is 14.4. The number of hydrogen-bond acceptors (Lipinski definition) is 3. The van der Waals surface area contributed by atoms with Crippen molar-refractivity contribution >= 4 is 41.7 Å². The molecule has 1 saturated heterocycles. The normalized spacial score (nSPS) is 21.8. The molecule has 2 aliphatic rings. The summed E-state index contributed by atoms with van der Waals surface area (Å²) in [5.74, 6) is 2.36. The molecular weight excluding hydrogens is 407 g/mol. The van der Waals surface area contributed by atoms with E-state index in [1.165, 1.54) is 50.8 Å². The van der Waals surface area contributed by atoms with E-state index in [4.69, 9.17) is 0 Å². The molecule has 0 unspecified atom stereocenters. The summed E-state index contributed by atoms with van der Waals surface area (Å²) in [6.07, 6.45) is 8.21. The second-order valence-electron chi connectivity index (χ2n) is 6.64. The Morgan fingerprint density at radius 1 is 1.27 bits per heavy atom. The Kier molecular flexibility index (Phi) is 9.47. The van der Waals surface area contributed by atoms with Crippen LogP contribution in [0.15, 0.2) is 4.99 Å². The summed E-state index contributed by atoms with van der Waals surface area (Å²) in [6.45, 7) is 4.47. The Balaban J connectivity index is 0.00000242. The molecule has 0 radical (unpaired) electrons. The molecule has 0 amide bonds. The molecule has 1 saturated carbocycles. The summed E-state index contributed by atoms with van der Waals surface area (Å²) >= 11 is 2.22. The molecule has 0 aromatic heterocycles. The molecule has 2 fully saturated rings. The molecule has 130 valence electrons. The van der Waals surface area contributed by atoms with Crippen molar-refractivity contribution in [2.75, 3.05) is 53.1 Å². The van der Waals surface area contributed by atoms with E-state index in [0.29, 0.717) is 4.75 Å². The molecule has 1 N–H and O–H groups in total. The first kappa shape index (κ1) is 20.4. The van der Waals surface area contributed by atoms with E-state index in [0.717, 1.165) is 25.6 Å². The average molecular weight is 440 g/mol. The Morgan fingerprint density at radius 2 is 2.00 bits per heavy atom. The highest BCUT2D eigenvalue weighted by Gasteiger charge is 2.38. The van der Waals surface area contributed by atoms with Crippen LogP contribution in [0.25, 0.3) is 0 Å². The standard InChI is InChI=1S/C16H32N4S.HI/c1-17-15(18-10-7-11-19(2)3)20-12-13-21-16(14-20)8-5-4-6-9-16;/h4-14H2,1-3H3,(H,17,18);1H. The van der Waals surface area contributed by atoms with Crippen LogP contribution in [0.3, 0.4) is 0 Å². The quantitative estimate of drug-likeness (QED) is 0.315. The van der Waals surface area contributed by atoms with Gasteiger partial charge in [0.2, 0.25) is 0 Å². The largest absolute Gasteiger partial charge is 0.356 e. The van der Waals surface area contributed by atoms with Gasteiger partial charge in [0.25, 0.3) is 0 Å². The lowest BCUT2D eigenvalue weighted by Crippen LogP contribution is -2.53. The van der Waals surface area contributed by atoms with Crippen molar-refractivity contribution < 1.29 is 0 Å². The SMILES string of the molecule is CN=C(NCCCN(C)C)N1CCSC2(CCCCC2)C1.I. The zero-order valence-corrected chi connectivity index (χ0v) is 17.6. The highest BCUT2D eigenvalue weighted by Crippen LogP contribution is 2.42. The molecule has 0 aromatic carbocycles. The number of thioether (sulfide) groups is 1. The van der Waals surface area contributed by atoms with Crippen LogP contribution in [0.1, 0.15) is 38.5 Å². The maximum Gasteiger partial charge on any atom is 0.193 e. The first-order chi connectivity index (χ1) is 10.2. The molecule has 1 spiro atoms. The van der Waals surface area contributed by atoms with Crippen LogP contribution in [0, 0.1) is 0 Å². The minimum atomic E-state index is 0. The maximum absolute atomic E-state index is 4.51. The number of halogens is 1. The second kappa shape index (κ2) is 10.2. The van der Waals surface area contributed by atoms with Gasteiger partial charge in [0.15, 0.2) is 5.96 Å². The van der Waals surface area contributed by atoms with Gasteiger partial charge in [-0.3, -0.25) is 4.99 Å². The van der Waals surface area contributed by atoms with Gasteiger partial charge in [0.05, 0.1) is 0 Å². The number of nitrogens with zero attached hydrogens (tertiary/aromatic N) is 3. The van der Waals surface area contributed by atoms with Crippen LogP contribution >= 0.6 is 35.7 Å². The molecule has 0 bridgehead atoms. The third-order valence-corrected chi connectivity index (χ3v) is 6.13. The monoisotopic (exact) mass is 440 g/mol. The fraction of sp³-hybridized carbons (Fsp3) is 0.938. The van der Waals surface area contributed by atoms with Crippen molar-refractivity contribution in [3.05, 3.63) is 0 Å². The lowest BCUT2D eigenvalue weighted by Gasteiger charge is -2.45. The van der Waals surface area contributed by atoms with Crippen LogP contribution < -0.4 is 5.32 Å². The number of aliphatic imine (C=N–C) groups is 1. The molecule has 2 rings (SSSR count). The fourth-order valence-corrected chi connectivity index (χ4v) is 5.02. The van der Waals surface area contributed by atoms with Gasteiger partial charge < -0.3 is 15.1 Å². The van der Waals surface area contributed by atoms with Crippen LogP contribution in [-0.4, -0.2) is 73.6 Å². The van der Waals surface area contributed by atoms with Crippen molar-refractivity contribution in [3.63, 3.8) is 0 Å². The molecular formula is C16H33IN4S. The van der Waals surface area contributed by atoms with Crippen molar-refractivity contribution in [2.24, 2.45) is 4.99 Å². The molecule has 22 heavy (non-hydrogen) atoms. The number of guanidine groups is 1. The number of hydrogen-bond donors (Lipinski definition) is 1. The molecule has 1 heterocycles. The Labute approximate surface area is 157 Å². The summed E-state index contributed by atoms with van der Waals surface area (Å²) in [5.41, 5.74) is 0. The first-order valence-corrected chi connectivity index (χ1v) is 9.38. The molecule has 0 atom stereocenters. The average Bonchev–Trinajstić information content (AvgIpc) is 2.48. The molecule has 6 heteroatoms. The smallest absolute Gasteiger partial charge is 0.193 e. The highest BCUT2D eigenvalue weighted by atomic mass is 127. The molecule has 4 nitrogen and oxygen atoms in total. The van der Waals surface area contributed by atoms with Gasteiger partial charge >= 0.3 is 0 Å². The minimum Gasteiger partial charge on any atom is -0.356 e. The molecule has 1 aliphatic heterocycles. The third kappa shape index (κ3) is 6.07. The van der Waals surface area contributed by atoms with Gasteiger partial charge in [0.1, 0.15) is 0 Å². The van der Waals surface area contributed by atoms with E-state index in [-0.39, 0.29) is 24.0 Å². The van der Waals surface area contributed by atoms with E-state index in [9.17, 15) is 0 Å². The summed E-state index contributed by atoms with van der Waals surface area (Å²) < 4.78 is 0.512. The topological polar surface area (TPSA) is 30.9 Å². The number of nitrogens with one attached hydrogen (secondary N) is 1. The van der Waals surface area contributed by atoms with Gasteiger partial charge in [0, 0.05) is 37.2 Å².